The van der Waals surface area contributed by atoms with Crippen molar-refractivity contribution < 1.29 is 28.6 Å². The Balaban J connectivity index is 4.37. The predicted octanol–water partition coefficient (Wildman–Crippen LogP) is 19.2. The number of carbonyl (C=O) groups excluding carboxylic acids is 3. The van der Waals surface area contributed by atoms with E-state index >= 15 is 0 Å². The van der Waals surface area contributed by atoms with Crippen LogP contribution in [0.1, 0.15) is 271 Å². The maximum absolute atomic E-state index is 12.8. The summed E-state index contributed by atoms with van der Waals surface area (Å²) in [6.07, 6.45) is 72.8. The van der Waals surface area contributed by atoms with Crippen LogP contribution in [0.3, 0.4) is 0 Å². The Kier molecular flexibility index (Phi) is 53.4. The highest BCUT2D eigenvalue weighted by Gasteiger charge is 2.19. The maximum Gasteiger partial charge on any atom is 0.306 e. The average Bonchev–Trinajstić information content (AvgIpc) is 3.34. The molecular weight excluding hydrogens is 841 g/mol. The highest BCUT2D eigenvalue weighted by molar-refractivity contribution is 5.71. The van der Waals surface area contributed by atoms with Gasteiger partial charge in [0.15, 0.2) is 6.10 Å². The van der Waals surface area contributed by atoms with Gasteiger partial charge in [0, 0.05) is 19.3 Å². The van der Waals surface area contributed by atoms with Gasteiger partial charge in [-0.15, -0.1) is 0 Å². The fourth-order valence-corrected chi connectivity index (χ4v) is 7.81. The molecule has 0 aliphatic carbocycles. The molecule has 0 amide bonds. The van der Waals surface area contributed by atoms with Crippen molar-refractivity contribution in [3.8, 4) is 0 Å². The van der Waals surface area contributed by atoms with Crippen molar-refractivity contribution in [2.24, 2.45) is 0 Å². The lowest BCUT2D eigenvalue weighted by molar-refractivity contribution is -0.167. The molecule has 0 aliphatic heterocycles. The first-order valence-corrected chi connectivity index (χ1v) is 28.6. The van der Waals surface area contributed by atoms with Crippen LogP contribution in [0.25, 0.3) is 0 Å². The maximum atomic E-state index is 12.8. The lowest BCUT2D eigenvalue weighted by atomic mass is 10.1. The number of hydrogen-bond acceptors (Lipinski definition) is 6. The summed E-state index contributed by atoms with van der Waals surface area (Å²) in [6.45, 7) is 6.49. The van der Waals surface area contributed by atoms with Gasteiger partial charge in [-0.1, -0.05) is 221 Å². The topological polar surface area (TPSA) is 78.9 Å². The van der Waals surface area contributed by atoms with Crippen molar-refractivity contribution in [2.75, 3.05) is 13.2 Å². The lowest BCUT2D eigenvalue weighted by Gasteiger charge is -2.18. The summed E-state index contributed by atoms with van der Waals surface area (Å²) >= 11 is 0. The molecule has 1 unspecified atom stereocenters. The molecule has 0 bridgehead atoms. The third kappa shape index (κ3) is 53.5. The summed E-state index contributed by atoms with van der Waals surface area (Å²) < 4.78 is 16.8. The zero-order chi connectivity index (χ0) is 49.3. The Labute approximate surface area is 420 Å². The van der Waals surface area contributed by atoms with Gasteiger partial charge in [0.25, 0.3) is 0 Å². The van der Waals surface area contributed by atoms with Gasteiger partial charge in [0.1, 0.15) is 13.2 Å². The van der Waals surface area contributed by atoms with Crippen LogP contribution in [0.5, 0.6) is 0 Å². The molecule has 6 nitrogen and oxygen atoms in total. The fraction of sp³-hybridized carbons (Fsp3) is 0.726. The van der Waals surface area contributed by atoms with E-state index in [9.17, 15) is 14.4 Å². The van der Waals surface area contributed by atoms with Gasteiger partial charge >= 0.3 is 17.9 Å². The molecule has 0 aromatic heterocycles. The summed E-state index contributed by atoms with van der Waals surface area (Å²) in [7, 11) is 0. The smallest absolute Gasteiger partial charge is 0.306 e. The second-order valence-electron chi connectivity index (χ2n) is 18.8. The summed E-state index contributed by atoms with van der Waals surface area (Å²) in [5, 5.41) is 0. The van der Waals surface area contributed by atoms with E-state index in [1.165, 1.54) is 116 Å². The number of allylic oxidation sites excluding steroid dienone is 14. The molecule has 6 heteroatoms. The highest BCUT2D eigenvalue weighted by atomic mass is 16.6. The molecule has 0 aliphatic rings. The van der Waals surface area contributed by atoms with Gasteiger partial charge < -0.3 is 14.2 Å². The van der Waals surface area contributed by atoms with Crippen LogP contribution in [0.15, 0.2) is 85.1 Å². The van der Waals surface area contributed by atoms with Crippen molar-refractivity contribution >= 4 is 17.9 Å². The van der Waals surface area contributed by atoms with E-state index < -0.39 is 6.10 Å². The van der Waals surface area contributed by atoms with E-state index in [1.54, 1.807) is 0 Å². The number of unbranched alkanes of at least 4 members (excludes halogenated alkanes) is 26. The first-order valence-electron chi connectivity index (χ1n) is 28.6. The number of ether oxygens (including phenoxy) is 3. The van der Waals surface area contributed by atoms with Gasteiger partial charge in [0.2, 0.25) is 0 Å². The second kappa shape index (κ2) is 56.2. The van der Waals surface area contributed by atoms with Crippen LogP contribution < -0.4 is 0 Å². The molecule has 0 saturated carbocycles. The quantitative estimate of drug-likeness (QED) is 0.0262. The van der Waals surface area contributed by atoms with Gasteiger partial charge in [-0.3, -0.25) is 14.4 Å². The van der Waals surface area contributed by atoms with E-state index in [2.05, 4.69) is 106 Å². The summed E-state index contributed by atoms with van der Waals surface area (Å²) in [6, 6.07) is 0. The molecule has 0 saturated heterocycles. The molecule has 0 rings (SSSR count). The van der Waals surface area contributed by atoms with Crippen LogP contribution in [0.4, 0.5) is 0 Å². The third-order valence-corrected chi connectivity index (χ3v) is 12.1. The molecule has 0 spiro atoms. The van der Waals surface area contributed by atoms with Gasteiger partial charge in [-0.05, 0) is 116 Å². The number of esters is 3. The standard InChI is InChI=1S/C62H106O6/c1-4-7-10-13-16-19-22-25-27-28-29-30-31-32-33-34-35-38-40-43-46-49-52-55-61(64)67-58-59(57-66-60(63)54-51-48-45-42-39-36-24-21-18-15-12-9-6-3)68-62(65)56-53-50-47-44-41-37-26-23-20-17-14-11-8-5-2/h7,10,16,19,21,23-27,29-30,32-33,59H,4-6,8-9,11-15,17-18,20,22,28,31,34-58H2,1-3H3/b10-7-,19-16-,24-21-,26-23-,27-25-,30-29-,33-32-. The zero-order valence-electron chi connectivity index (χ0n) is 44.6. The first-order chi connectivity index (χ1) is 33.5. The molecule has 68 heavy (non-hydrogen) atoms. The average molecular weight is 948 g/mol. The first kappa shape index (κ1) is 64.6. The van der Waals surface area contributed by atoms with Crippen molar-refractivity contribution in [1.29, 1.82) is 0 Å². The Hall–Kier alpha value is -3.41. The van der Waals surface area contributed by atoms with Gasteiger partial charge in [-0.25, -0.2) is 0 Å². The van der Waals surface area contributed by atoms with Crippen LogP contribution >= 0.6 is 0 Å². The van der Waals surface area contributed by atoms with E-state index in [0.29, 0.717) is 19.3 Å². The van der Waals surface area contributed by atoms with Crippen molar-refractivity contribution in [3.05, 3.63) is 85.1 Å². The summed E-state index contributed by atoms with van der Waals surface area (Å²) in [5.74, 6) is -0.911. The molecule has 0 aromatic carbocycles. The van der Waals surface area contributed by atoms with Crippen molar-refractivity contribution in [3.63, 3.8) is 0 Å². The van der Waals surface area contributed by atoms with E-state index in [1.807, 2.05) is 0 Å². The van der Waals surface area contributed by atoms with Gasteiger partial charge in [-0.2, -0.15) is 0 Å². The van der Waals surface area contributed by atoms with Crippen molar-refractivity contribution in [1.82, 2.24) is 0 Å². The summed E-state index contributed by atoms with van der Waals surface area (Å²) in [4.78, 5) is 38.1. The molecule has 390 valence electrons. The monoisotopic (exact) mass is 947 g/mol. The van der Waals surface area contributed by atoms with Crippen LogP contribution in [0.2, 0.25) is 0 Å². The minimum absolute atomic E-state index is 0.0873. The van der Waals surface area contributed by atoms with E-state index in [-0.39, 0.29) is 31.1 Å². The Morgan fingerprint density at radius 2 is 0.574 bits per heavy atom. The predicted molar refractivity (Wildman–Crippen MR) is 293 cm³/mol. The van der Waals surface area contributed by atoms with Crippen LogP contribution in [0, 0.1) is 0 Å². The third-order valence-electron chi connectivity index (χ3n) is 12.1. The Morgan fingerprint density at radius 1 is 0.309 bits per heavy atom. The molecular formula is C62H106O6. The van der Waals surface area contributed by atoms with Crippen molar-refractivity contribution in [2.45, 2.75) is 277 Å². The lowest BCUT2D eigenvalue weighted by Crippen LogP contribution is -2.30. The minimum atomic E-state index is -0.789. The zero-order valence-corrected chi connectivity index (χ0v) is 44.6. The molecule has 0 fully saturated rings. The number of hydrogen-bond donors (Lipinski definition) is 0. The van der Waals surface area contributed by atoms with Crippen LogP contribution in [-0.4, -0.2) is 37.2 Å². The molecule has 0 N–H and O–H groups in total. The van der Waals surface area contributed by atoms with E-state index in [4.69, 9.17) is 14.2 Å². The Morgan fingerprint density at radius 3 is 0.926 bits per heavy atom. The number of carbonyl (C=O) groups is 3. The summed E-state index contributed by atoms with van der Waals surface area (Å²) in [5.41, 5.74) is 0. The van der Waals surface area contributed by atoms with Gasteiger partial charge in [0.05, 0.1) is 0 Å². The fourth-order valence-electron chi connectivity index (χ4n) is 7.81. The Bertz CT molecular complexity index is 1320. The van der Waals surface area contributed by atoms with E-state index in [0.717, 1.165) is 116 Å². The second-order valence-corrected chi connectivity index (χ2v) is 18.8. The molecule has 1 atom stereocenters. The molecule has 0 radical (unpaired) electrons. The molecule has 0 heterocycles. The minimum Gasteiger partial charge on any atom is -0.462 e. The normalized spacial score (nSPS) is 12.7. The SMILES string of the molecule is CC/C=C\C/C=C\C/C=C\C/C=C\C/C=C\CCCCCCCCCC(=O)OCC(COC(=O)CCCCCCC/C=C\CCCCCC)OC(=O)CCCCCCC/C=C\CCCCCCC. The number of rotatable bonds is 51. The highest BCUT2D eigenvalue weighted by Crippen LogP contribution is 2.14. The molecule has 0 aromatic rings. The van der Waals surface area contributed by atoms with Crippen LogP contribution in [-0.2, 0) is 28.6 Å². The largest absolute Gasteiger partial charge is 0.462 e.